The molecule has 3 N–H and O–H groups in total. The van der Waals surface area contributed by atoms with Crippen LogP contribution in [0.4, 0.5) is 4.79 Å². The molecule has 100 valence electrons. The lowest BCUT2D eigenvalue weighted by Gasteiger charge is -2.25. The fourth-order valence-electron chi connectivity index (χ4n) is 1.41. The van der Waals surface area contributed by atoms with Crippen molar-refractivity contribution in [1.82, 2.24) is 10.2 Å². The van der Waals surface area contributed by atoms with Crippen molar-refractivity contribution in [3.63, 3.8) is 0 Å². The van der Waals surface area contributed by atoms with Crippen molar-refractivity contribution in [2.45, 2.75) is 39.3 Å². The Hall–Kier alpha value is -1.30. The van der Waals surface area contributed by atoms with Gasteiger partial charge in [0.15, 0.2) is 0 Å². The molecule has 2 amide bonds. The van der Waals surface area contributed by atoms with Crippen LogP contribution in [0.2, 0.25) is 0 Å². The van der Waals surface area contributed by atoms with E-state index in [0.717, 1.165) is 0 Å². The topological polar surface area (TPSA) is 89.9 Å². The average Bonchev–Trinajstić information content (AvgIpc) is 2.22. The van der Waals surface area contributed by atoms with E-state index in [9.17, 15) is 9.59 Å². The maximum atomic E-state index is 11.7. The highest BCUT2D eigenvalue weighted by Gasteiger charge is 2.26. The summed E-state index contributed by atoms with van der Waals surface area (Å²) < 4.78 is 0. The largest absolute Gasteiger partial charge is 0.480 e. The average molecular weight is 246 g/mol. The molecule has 0 aromatic heterocycles. The number of nitrogens with one attached hydrogen (secondary N) is 1. The number of carbonyl (C=O) groups excluding carboxylic acids is 1. The Morgan fingerprint density at radius 2 is 1.88 bits per heavy atom. The van der Waals surface area contributed by atoms with Crippen LogP contribution in [0.15, 0.2) is 0 Å². The van der Waals surface area contributed by atoms with Crippen molar-refractivity contribution in [2.75, 3.05) is 13.6 Å². The van der Waals surface area contributed by atoms with Gasteiger partial charge in [0, 0.05) is 13.6 Å². The van der Waals surface area contributed by atoms with Gasteiger partial charge in [-0.3, -0.25) is 0 Å². The molecule has 6 nitrogen and oxygen atoms in total. The summed E-state index contributed by atoms with van der Waals surface area (Å²) in [4.78, 5) is 23.9. The van der Waals surface area contributed by atoms with Crippen molar-refractivity contribution in [3.05, 3.63) is 0 Å². The quantitative estimate of drug-likeness (QED) is 0.637. The fourth-order valence-corrected chi connectivity index (χ4v) is 1.41. The van der Waals surface area contributed by atoms with Gasteiger partial charge in [-0.25, -0.2) is 9.59 Å². The Morgan fingerprint density at radius 3 is 2.24 bits per heavy atom. The van der Waals surface area contributed by atoms with Gasteiger partial charge in [-0.05, 0) is 12.8 Å². The molecule has 0 aliphatic heterocycles. The predicted molar refractivity (Wildman–Crippen MR) is 63.7 cm³/mol. The monoisotopic (exact) mass is 246 g/mol. The summed E-state index contributed by atoms with van der Waals surface area (Å²) >= 11 is 0. The van der Waals surface area contributed by atoms with Crippen LogP contribution in [0, 0.1) is 5.92 Å². The Balaban J connectivity index is 4.45. The van der Waals surface area contributed by atoms with Crippen LogP contribution in [0.25, 0.3) is 0 Å². The van der Waals surface area contributed by atoms with Gasteiger partial charge in [-0.15, -0.1) is 0 Å². The summed E-state index contributed by atoms with van der Waals surface area (Å²) in [5.74, 6) is -1.19. The number of aliphatic carboxylic acids is 1. The number of rotatable bonds is 6. The minimum absolute atomic E-state index is 0.142. The standard InChI is InChI=1S/C11H22N2O4/c1-5-7(2)9(10(15)16)12-11(17)13(4)6-8(3)14/h7-9,14H,5-6H2,1-4H3,(H,12,17)(H,15,16)/t7-,8?,9-/m0/s1. The van der Waals surface area contributed by atoms with Crippen LogP contribution >= 0.6 is 0 Å². The van der Waals surface area contributed by atoms with E-state index < -0.39 is 24.1 Å². The van der Waals surface area contributed by atoms with Gasteiger partial charge in [-0.2, -0.15) is 0 Å². The first-order valence-corrected chi connectivity index (χ1v) is 5.72. The van der Waals surface area contributed by atoms with E-state index in [1.54, 1.807) is 13.8 Å². The minimum atomic E-state index is -1.04. The van der Waals surface area contributed by atoms with E-state index >= 15 is 0 Å². The normalized spacial score (nSPS) is 15.8. The molecule has 0 radical (unpaired) electrons. The second-order valence-corrected chi connectivity index (χ2v) is 4.38. The Morgan fingerprint density at radius 1 is 1.35 bits per heavy atom. The van der Waals surface area contributed by atoms with Crippen molar-refractivity contribution in [1.29, 1.82) is 0 Å². The van der Waals surface area contributed by atoms with Gasteiger partial charge in [-0.1, -0.05) is 20.3 Å². The molecule has 17 heavy (non-hydrogen) atoms. The highest BCUT2D eigenvalue weighted by molar-refractivity contribution is 5.82. The SMILES string of the molecule is CC[C@H](C)[C@H](NC(=O)N(C)CC(C)O)C(=O)O. The van der Waals surface area contributed by atoms with E-state index in [2.05, 4.69) is 5.32 Å². The lowest BCUT2D eigenvalue weighted by atomic mass is 9.99. The van der Waals surface area contributed by atoms with Crippen LogP contribution in [-0.2, 0) is 4.79 Å². The van der Waals surface area contributed by atoms with Crippen molar-refractivity contribution in [3.8, 4) is 0 Å². The highest BCUT2D eigenvalue weighted by Crippen LogP contribution is 2.08. The molecule has 0 saturated carbocycles. The lowest BCUT2D eigenvalue weighted by Crippen LogP contribution is -2.50. The maximum absolute atomic E-state index is 11.7. The number of amides is 2. The summed E-state index contributed by atoms with van der Waals surface area (Å²) in [6, 6.07) is -1.39. The number of aliphatic hydroxyl groups excluding tert-OH is 1. The molecule has 0 saturated heterocycles. The maximum Gasteiger partial charge on any atom is 0.326 e. The third-order valence-corrected chi connectivity index (χ3v) is 2.64. The molecular formula is C11H22N2O4. The first-order chi connectivity index (χ1) is 7.79. The van der Waals surface area contributed by atoms with Gasteiger partial charge in [0.25, 0.3) is 0 Å². The summed E-state index contributed by atoms with van der Waals surface area (Å²) in [6.07, 6.45) is 0.0230. The minimum Gasteiger partial charge on any atom is -0.480 e. The molecular weight excluding hydrogens is 224 g/mol. The molecule has 1 unspecified atom stereocenters. The zero-order valence-corrected chi connectivity index (χ0v) is 10.8. The highest BCUT2D eigenvalue weighted by atomic mass is 16.4. The smallest absolute Gasteiger partial charge is 0.326 e. The summed E-state index contributed by atoms with van der Waals surface area (Å²) in [6.45, 7) is 5.37. The van der Waals surface area contributed by atoms with Crippen LogP contribution in [0.1, 0.15) is 27.2 Å². The number of carboxylic acid groups (broad SMARTS) is 1. The van der Waals surface area contributed by atoms with Gasteiger partial charge >= 0.3 is 12.0 Å². The Bertz CT molecular complexity index is 268. The van der Waals surface area contributed by atoms with Crippen LogP contribution in [-0.4, -0.2) is 52.9 Å². The van der Waals surface area contributed by atoms with Crippen molar-refractivity contribution < 1.29 is 19.8 Å². The van der Waals surface area contributed by atoms with Gasteiger partial charge in [0.05, 0.1) is 6.10 Å². The van der Waals surface area contributed by atoms with Gasteiger partial charge < -0.3 is 20.4 Å². The van der Waals surface area contributed by atoms with E-state index in [0.29, 0.717) is 6.42 Å². The molecule has 0 fully saturated rings. The zero-order chi connectivity index (χ0) is 13.6. The summed E-state index contributed by atoms with van der Waals surface area (Å²) in [7, 11) is 1.51. The number of carbonyl (C=O) groups is 2. The van der Waals surface area contributed by atoms with E-state index in [4.69, 9.17) is 10.2 Å². The first-order valence-electron chi connectivity index (χ1n) is 5.72. The summed E-state index contributed by atoms with van der Waals surface area (Å²) in [5.41, 5.74) is 0. The lowest BCUT2D eigenvalue weighted by molar-refractivity contribution is -0.140. The van der Waals surface area contributed by atoms with E-state index in [-0.39, 0.29) is 12.5 Å². The first kappa shape index (κ1) is 15.7. The van der Waals surface area contributed by atoms with Crippen LogP contribution < -0.4 is 5.32 Å². The second-order valence-electron chi connectivity index (χ2n) is 4.38. The molecule has 0 heterocycles. The van der Waals surface area contributed by atoms with Crippen LogP contribution in [0.5, 0.6) is 0 Å². The third kappa shape index (κ3) is 5.53. The Labute approximate surface area is 102 Å². The summed E-state index contributed by atoms with van der Waals surface area (Å²) in [5, 5.41) is 20.6. The predicted octanol–water partition coefficient (Wildman–Crippen LogP) is 0.508. The molecule has 0 aliphatic rings. The van der Waals surface area contributed by atoms with Crippen molar-refractivity contribution >= 4 is 12.0 Å². The van der Waals surface area contributed by atoms with E-state index in [1.165, 1.54) is 11.9 Å². The molecule has 0 bridgehead atoms. The number of carboxylic acids is 1. The molecule has 6 heteroatoms. The second kappa shape index (κ2) is 7.11. The zero-order valence-electron chi connectivity index (χ0n) is 10.8. The molecule has 0 aromatic carbocycles. The number of hydrogen-bond donors (Lipinski definition) is 3. The number of urea groups is 1. The number of likely N-dealkylation sites (N-methyl/N-ethyl adjacent to an activating group) is 1. The number of hydrogen-bond acceptors (Lipinski definition) is 3. The molecule has 0 spiro atoms. The molecule has 0 rings (SSSR count). The van der Waals surface area contributed by atoms with Gasteiger partial charge in [0.1, 0.15) is 6.04 Å². The number of aliphatic hydroxyl groups is 1. The van der Waals surface area contributed by atoms with E-state index in [1.807, 2.05) is 6.92 Å². The fraction of sp³-hybridized carbons (Fsp3) is 0.818. The Kier molecular flexibility index (Phi) is 6.57. The van der Waals surface area contributed by atoms with Gasteiger partial charge in [0.2, 0.25) is 0 Å². The molecule has 3 atom stereocenters. The third-order valence-electron chi connectivity index (χ3n) is 2.64. The number of nitrogens with zero attached hydrogens (tertiary/aromatic N) is 1. The van der Waals surface area contributed by atoms with Crippen molar-refractivity contribution in [2.24, 2.45) is 5.92 Å². The van der Waals surface area contributed by atoms with Crippen LogP contribution in [0.3, 0.4) is 0 Å². The molecule has 0 aromatic rings. The molecule has 0 aliphatic carbocycles.